The molecule has 0 aliphatic rings. The zero-order valence-electron chi connectivity index (χ0n) is 19.0. The zero-order chi connectivity index (χ0) is 24.0. The maximum absolute atomic E-state index is 12.6. The van der Waals surface area contributed by atoms with E-state index < -0.39 is 11.8 Å². The van der Waals surface area contributed by atoms with Crippen molar-refractivity contribution in [3.8, 4) is 22.9 Å². The van der Waals surface area contributed by atoms with Crippen LogP contribution in [0.4, 0.5) is 5.69 Å². The molecule has 1 aromatic heterocycles. The van der Waals surface area contributed by atoms with Gasteiger partial charge in [-0.05, 0) is 30.7 Å². The van der Waals surface area contributed by atoms with Gasteiger partial charge < -0.3 is 24.7 Å². The van der Waals surface area contributed by atoms with Crippen molar-refractivity contribution < 1.29 is 19.1 Å². The fourth-order valence-electron chi connectivity index (χ4n) is 3.24. The summed E-state index contributed by atoms with van der Waals surface area (Å²) < 4.78 is 10.5. The Labute approximate surface area is 191 Å². The average Bonchev–Trinajstić information content (AvgIpc) is 2.83. The predicted octanol–water partition coefficient (Wildman–Crippen LogP) is 2.61. The molecule has 3 rings (SSSR count). The number of hydrogen-bond acceptors (Lipinski definition) is 6. The molecular formula is C24H26N4O5. The van der Waals surface area contributed by atoms with Crippen LogP contribution >= 0.6 is 0 Å². The number of aryl methyl sites for hydroxylation is 1. The van der Waals surface area contributed by atoms with E-state index in [-0.39, 0.29) is 12.1 Å². The largest absolute Gasteiger partial charge is 0.497 e. The molecule has 33 heavy (non-hydrogen) atoms. The summed E-state index contributed by atoms with van der Waals surface area (Å²) in [4.78, 5) is 45.5. The quantitative estimate of drug-likeness (QED) is 0.535. The number of benzene rings is 2. The summed E-state index contributed by atoms with van der Waals surface area (Å²) in [7, 11) is 4.61. The minimum Gasteiger partial charge on any atom is -0.497 e. The molecule has 0 atom stereocenters. The van der Waals surface area contributed by atoms with Gasteiger partial charge in [0.25, 0.3) is 5.56 Å². The summed E-state index contributed by atoms with van der Waals surface area (Å²) in [6.07, 6.45) is 0.618. The molecule has 0 saturated carbocycles. The van der Waals surface area contributed by atoms with Gasteiger partial charge in [0.1, 0.15) is 17.3 Å². The lowest BCUT2D eigenvalue weighted by Crippen LogP contribution is -2.36. The number of ether oxygens (including phenoxy) is 2. The molecule has 0 fully saturated rings. The molecule has 0 aliphatic carbocycles. The molecule has 3 aromatic rings. The van der Waals surface area contributed by atoms with E-state index >= 15 is 0 Å². The highest BCUT2D eigenvalue weighted by Crippen LogP contribution is 2.25. The van der Waals surface area contributed by atoms with E-state index in [4.69, 9.17) is 9.47 Å². The molecule has 0 spiro atoms. The highest BCUT2D eigenvalue weighted by molar-refractivity contribution is 6.39. The second-order valence-electron chi connectivity index (χ2n) is 7.31. The van der Waals surface area contributed by atoms with Crippen molar-refractivity contribution in [1.29, 1.82) is 0 Å². The Kier molecular flexibility index (Phi) is 7.45. The van der Waals surface area contributed by atoms with E-state index in [1.807, 2.05) is 6.92 Å². The van der Waals surface area contributed by atoms with Crippen LogP contribution in [0.2, 0.25) is 0 Å². The van der Waals surface area contributed by atoms with Crippen molar-refractivity contribution in [3.63, 3.8) is 0 Å². The van der Waals surface area contributed by atoms with Crippen molar-refractivity contribution in [2.45, 2.75) is 19.9 Å². The normalized spacial score (nSPS) is 10.4. The Morgan fingerprint density at radius 1 is 1.09 bits per heavy atom. The molecule has 9 heteroatoms. The number of carbonyl (C=O) groups is 2. The molecule has 0 bridgehead atoms. The number of carbonyl (C=O) groups excluding carboxylic acids is 2. The Bertz CT molecular complexity index is 1220. The average molecular weight is 450 g/mol. The number of hydrogen-bond donors (Lipinski definition) is 2. The van der Waals surface area contributed by atoms with E-state index in [2.05, 4.69) is 15.3 Å². The third-order valence-electron chi connectivity index (χ3n) is 4.99. The molecule has 0 saturated heterocycles. The van der Waals surface area contributed by atoms with Crippen LogP contribution in [0.5, 0.6) is 11.5 Å². The molecule has 0 radical (unpaired) electrons. The van der Waals surface area contributed by atoms with Gasteiger partial charge in [-0.15, -0.1) is 0 Å². The van der Waals surface area contributed by atoms with E-state index in [0.29, 0.717) is 40.7 Å². The van der Waals surface area contributed by atoms with E-state index in [9.17, 15) is 14.4 Å². The Balaban J connectivity index is 1.72. The topological polar surface area (TPSA) is 114 Å². The van der Waals surface area contributed by atoms with E-state index in [0.717, 1.165) is 5.56 Å². The summed E-state index contributed by atoms with van der Waals surface area (Å²) in [6, 6.07) is 13.5. The molecule has 2 amide bonds. The van der Waals surface area contributed by atoms with Crippen LogP contribution in [0.1, 0.15) is 18.2 Å². The molecule has 2 aromatic carbocycles. The third-order valence-corrected chi connectivity index (χ3v) is 4.99. The molecular weight excluding hydrogens is 424 g/mol. The van der Waals surface area contributed by atoms with Crippen molar-refractivity contribution in [2.24, 2.45) is 0 Å². The van der Waals surface area contributed by atoms with Gasteiger partial charge in [-0.1, -0.05) is 19.1 Å². The van der Waals surface area contributed by atoms with Crippen molar-refractivity contribution in [1.82, 2.24) is 14.9 Å². The summed E-state index contributed by atoms with van der Waals surface area (Å²) in [5.41, 5.74) is 2.16. The van der Waals surface area contributed by atoms with Crippen LogP contribution in [0, 0.1) is 0 Å². The number of H-pyrrole nitrogens is 1. The number of amides is 2. The highest BCUT2D eigenvalue weighted by atomic mass is 16.5. The highest BCUT2D eigenvalue weighted by Gasteiger charge is 2.20. The molecule has 172 valence electrons. The summed E-state index contributed by atoms with van der Waals surface area (Å²) in [6.45, 7) is 2.08. The SMILES string of the molecule is CCc1cc(=O)[nH]c(-c2cccc(NC(=O)C(=O)N(C)Cc3ccc(OC)cc3OC)c2)n1. The Morgan fingerprint density at radius 3 is 2.58 bits per heavy atom. The third kappa shape index (κ3) is 5.76. The first-order chi connectivity index (χ1) is 15.8. The van der Waals surface area contributed by atoms with Gasteiger partial charge in [0, 0.05) is 48.2 Å². The first-order valence-electron chi connectivity index (χ1n) is 10.3. The standard InChI is InChI=1S/C24H26N4O5/c1-5-17-12-21(29)27-22(25-17)15-7-6-8-18(11-15)26-23(30)24(31)28(2)14-16-9-10-19(32-3)13-20(16)33-4/h6-13H,5,14H2,1-4H3,(H,26,30)(H,25,27,29). The second kappa shape index (κ2) is 10.4. The van der Waals surface area contributed by atoms with Crippen LogP contribution in [-0.2, 0) is 22.6 Å². The molecule has 1 heterocycles. The van der Waals surface area contributed by atoms with Gasteiger partial charge in [0.2, 0.25) is 0 Å². The van der Waals surface area contributed by atoms with Gasteiger partial charge in [-0.3, -0.25) is 14.4 Å². The second-order valence-corrected chi connectivity index (χ2v) is 7.31. The maximum atomic E-state index is 12.6. The number of likely N-dealkylation sites (N-methyl/N-ethyl adjacent to an activating group) is 1. The van der Waals surface area contributed by atoms with Gasteiger partial charge in [-0.25, -0.2) is 4.98 Å². The zero-order valence-corrected chi connectivity index (χ0v) is 19.0. The monoisotopic (exact) mass is 450 g/mol. The lowest BCUT2D eigenvalue weighted by Gasteiger charge is -2.19. The molecule has 9 nitrogen and oxygen atoms in total. The maximum Gasteiger partial charge on any atom is 0.313 e. The summed E-state index contributed by atoms with van der Waals surface area (Å²) in [5.74, 6) is 0.0783. The van der Waals surface area contributed by atoms with Gasteiger partial charge in [-0.2, -0.15) is 0 Å². The molecule has 0 unspecified atom stereocenters. The first-order valence-corrected chi connectivity index (χ1v) is 10.3. The van der Waals surface area contributed by atoms with Crippen molar-refractivity contribution in [2.75, 3.05) is 26.6 Å². The number of methoxy groups -OCH3 is 2. The van der Waals surface area contributed by atoms with Gasteiger partial charge in [0.15, 0.2) is 0 Å². The number of anilines is 1. The Morgan fingerprint density at radius 2 is 1.88 bits per heavy atom. The fraction of sp³-hybridized carbons (Fsp3) is 0.250. The van der Waals surface area contributed by atoms with Gasteiger partial charge in [0.05, 0.1) is 14.2 Å². The molecule has 2 N–H and O–H groups in total. The number of nitrogens with zero attached hydrogens (tertiary/aromatic N) is 2. The molecule has 0 aliphatic heterocycles. The van der Waals surface area contributed by atoms with Crippen molar-refractivity contribution in [3.05, 3.63) is 70.1 Å². The lowest BCUT2D eigenvalue weighted by molar-refractivity contribution is -0.142. The number of aromatic amines is 1. The smallest absolute Gasteiger partial charge is 0.313 e. The van der Waals surface area contributed by atoms with E-state index in [1.165, 1.54) is 25.1 Å². The fourth-order valence-corrected chi connectivity index (χ4v) is 3.24. The Hall–Kier alpha value is -4.14. The summed E-state index contributed by atoms with van der Waals surface area (Å²) in [5, 5.41) is 2.61. The number of nitrogens with one attached hydrogen (secondary N) is 2. The van der Waals surface area contributed by atoms with Crippen LogP contribution < -0.4 is 20.3 Å². The van der Waals surface area contributed by atoms with Crippen LogP contribution in [0.3, 0.4) is 0 Å². The predicted molar refractivity (Wildman–Crippen MR) is 124 cm³/mol. The minimum atomic E-state index is -0.786. The van der Waals surface area contributed by atoms with Crippen LogP contribution in [0.15, 0.2) is 53.3 Å². The van der Waals surface area contributed by atoms with Crippen LogP contribution in [0.25, 0.3) is 11.4 Å². The van der Waals surface area contributed by atoms with Crippen molar-refractivity contribution >= 4 is 17.5 Å². The summed E-state index contributed by atoms with van der Waals surface area (Å²) >= 11 is 0. The number of aromatic nitrogens is 2. The van der Waals surface area contributed by atoms with Crippen LogP contribution in [-0.4, -0.2) is 47.9 Å². The number of rotatable bonds is 7. The van der Waals surface area contributed by atoms with Gasteiger partial charge >= 0.3 is 11.8 Å². The lowest BCUT2D eigenvalue weighted by atomic mass is 10.1. The first kappa shape index (κ1) is 23.5. The minimum absolute atomic E-state index is 0.175. The van der Waals surface area contributed by atoms with E-state index in [1.54, 1.807) is 49.6 Å².